The number of aromatic carboxylic acids is 4. The quantitative estimate of drug-likeness (QED) is 0.338. The highest BCUT2D eigenvalue weighted by atomic mass is 16.4. The van der Waals surface area contributed by atoms with Gasteiger partial charge in [-0.2, -0.15) is 0 Å². The van der Waals surface area contributed by atoms with E-state index in [2.05, 4.69) is 0 Å². The molecule has 8 nitrogen and oxygen atoms in total. The Labute approximate surface area is 195 Å². The number of rotatable bonds is 8. The van der Waals surface area contributed by atoms with Gasteiger partial charge in [0.2, 0.25) is 0 Å². The zero-order valence-electron chi connectivity index (χ0n) is 19.4. The molecule has 0 saturated carbocycles. The third kappa shape index (κ3) is 3.55. The first-order valence-corrected chi connectivity index (χ1v) is 11.1. The van der Waals surface area contributed by atoms with Crippen LogP contribution < -0.4 is 0 Å². The lowest BCUT2D eigenvalue weighted by atomic mass is 9.80. The van der Waals surface area contributed by atoms with E-state index in [9.17, 15) is 39.6 Å². The average molecular weight is 466 g/mol. The Kier molecular flexibility index (Phi) is 6.63. The van der Waals surface area contributed by atoms with E-state index in [1.165, 1.54) is 6.07 Å². The molecule has 0 aliphatic carbocycles. The summed E-state index contributed by atoms with van der Waals surface area (Å²) in [6.07, 6.45) is 1.16. The summed E-state index contributed by atoms with van der Waals surface area (Å²) in [4.78, 5) is 48.5. The molecule has 3 rings (SSSR count). The summed E-state index contributed by atoms with van der Waals surface area (Å²) in [5, 5.41) is 41.7. The first-order valence-electron chi connectivity index (χ1n) is 11.1. The number of hydrogen-bond acceptors (Lipinski definition) is 4. The van der Waals surface area contributed by atoms with E-state index >= 15 is 0 Å². The predicted octanol–water partition coefficient (Wildman–Crippen LogP) is 5.04. The maximum atomic E-state index is 12.3. The van der Waals surface area contributed by atoms with Gasteiger partial charge >= 0.3 is 23.9 Å². The van der Waals surface area contributed by atoms with Crippen molar-refractivity contribution < 1.29 is 39.6 Å². The fraction of sp³-hybridized carbons (Fsp3) is 0.308. The summed E-state index contributed by atoms with van der Waals surface area (Å²) in [6.45, 7) is 7.09. The lowest BCUT2D eigenvalue weighted by Crippen LogP contribution is -2.17. The fourth-order valence-electron chi connectivity index (χ4n) is 5.20. The van der Waals surface area contributed by atoms with E-state index in [1.807, 2.05) is 6.92 Å². The maximum absolute atomic E-state index is 12.3. The second-order valence-corrected chi connectivity index (χ2v) is 8.00. The molecule has 178 valence electrons. The largest absolute Gasteiger partial charge is 0.478 e. The van der Waals surface area contributed by atoms with Crippen LogP contribution in [0.1, 0.15) is 91.4 Å². The first kappa shape index (κ1) is 24.7. The maximum Gasteiger partial charge on any atom is 0.336 e. The van der Waals surface area contributed by atoms with Crippen molar-refractivity contribution in [3.05, 3.63) is 56.6 Å². The summed E-state index contributed by atoms with van der Waals surface area (Å²) in [5.74, 6) is -5.40. The van der Waals surface area contributed by atoms with Crippen LogP contribution in [0, 0.1) is 0 Å². The van der Waals surface area contributed by atoms with Gasteiger partial charge < -0.3 is 20.4 Å². The van der Waals surface area contributed by atoms with Gasteiger partial charge in [0.1, 0.15) is 0 Å². The molecule has 0 amide bonds. The van der Waals surface area contributed by atoms with Crippen LogP contribution in [0.15, 0.2) is 12.1 Å². The number of aryl methyl sites for hydroxylation is 4. The van der Waals surface area contributed by atoms with Crippen LogP contribution in [0.2, 0.25) is 0 Å². The van der Waals surface area contributed by atoms with Gasteiger partial charge in [0.05, 0.1) is 22.3 Å². The predicted molar refractivity (Wildman–Crippen MR) is 127 cm³/mol. The van der Waals surface area contributed by atoms with Crippen LogP contribution in [0.5, 0.6) is 0 Å². The second-order valence-electron chi connectivity index (χ2n) is 8.00. The molecule has 0 radical (unpaired) electrons. The molecule has 0 heterocycles. The summed E-state index contributed by atoms with van der Waals surface area (Å²) < 4.78 is 0. The van der Waals surface area contributed by atoms with Gasteiger partial charge in [-0.3, -0.25) is 0 Å². The van der Waals surface area contributed by atoms with Crippen molar-refractivity contribution in [2.75, 3.05) is 0 Å². The SMILES string of the molecule is CCc1c(C(=O)O)c(C(=O)O)c(CC)c2c(CC)c3c(CC)c(C(=O)O)c(C(=O)O)cc3cc12. The Bertz CT molecular complexity index is 1400. The van der Waals surface area contributed by atoms with Gasteiger partial charge in [-0.15, -0.1) is 0 Å². The molecule has 4 N–H and O–H groups in total. The zero-order valence-corrected chi connectivity index (χ0v) is 19.4. The lowest BCUT2D eigenvalue weighted by Gasteiger charge is -2.23. The van der Waals surface area contributed by atoms with Crippen molar-refractivity contribution in [1.82, 2.24) is 0 Å². The van der Waals surface area contributed by atoms with Crippen molar-refractivity contribution in [2.24, 2.45) is 0 Å². The first-order chi connectivity index (χ1) is 16.0. The average Bonchev–Trinajstić information content (AvgIpc) is 2.78. The third-order valence-corrected chi connectivity index (χ3v) is 6.40. The molecular formula is C26H26O8. The minimum absolute atomic E-state index is 0.247. The number of benzene rings is 3. The molecule has 3 aromatic rings. The molecule has 0 aliphatic heterocycles. The topological polar surface area (TPSA) is 149 Å². The number of fused-ring (bicyclic) bond motifs is 2. The Morgan fingerprint density at radius 3 is 1.41 bits per heavy atom. The Morgan fingerprint density at radius 1 is 0.559 bits per heavy atom. The van der Waals surface area contributed by atoms with E-state index in [1.54, 1.807) is 26.8 Å². The van der Waals surface area contributed by atoms with Crippen molar-refractivity contribution in [3.8, 4) is 0 Å². The summed E-state index contributed by atoms with van der Waals surface area (Å²) in [7, 11) is 0. The molecule has 0 saturated heterocycles. The van der Waals surface area contributed by atoms with Crippen molar-refractivity contribution in [2.45, 2.75) is 53.4 Å². The van der Waals surface area contributed by atoms with Gasteiger partial charge in [0.25, 0.3) is 0 Å². The third-order valence-electron chi connectivity index (χ3n) is 6.40. The van der Waals surface area contributed by atoms with Crippen LogP contribution >= 0.6 is 0 Å². The van der Waals surface area contributed by atoms with Crippen molar-refractivity contribution >= 4 is 45.4 Å². The number of carboxylic acids is 4. The monoisotopic (exact) mass is 466 g/mol. The zero-order chi connectivity index (χ0) is 25.5. The highest BCUT2D eigenvalue weighted by Gasteiger charge is 2.30. The fourth-order valence-corrected chi connectivity index (χ4v) is 5.20. The van der Waals surface area contributed by atoms with Gasteiger partial charge in [-0.05, 0) is 81.6 Å². The Balaban J connectivity index is 2.83. The molecule has 0 aromatic heterocycles. The van der Waals surface area contributed by atoms with Gasteiger partial charge in [0, 0.05) is 0 Å². The van der Waals surface area contributed by atoms with E-state index < -0.39 is 23.9 Å². The summed E-state index contributed by atoms with van der Waals surface area (Å²) in [5.41, 5.74) is 0.626. The molecule has 0 unspecified atom stereocenters. The smallest absolute Gasteiger partial charge is 0.336 e. The van der Waals surface area contributed by atoms with E-state index in [0.29, 0.717) is 50.2 Å². The highest BCUT2D eigenvalue weighted by molar-refractivity contribution is 6.17. The summed E-state index contributed by atoms with van der Waals surface area (Å²) in [6, 6.07) is 2.99. The Morgan fingerprint density at radius 2 is 1.00 bits per heavy atom. The van der Waals surface area contributed by atoms with Crippen molar-refractivity contribution in [3.63, 3.8) is 0 Å². The van der Waals surface area contributed by atoms with Crippen molar-refractivity contribution in [1.29, 1.82) is 0 Å². The molecule has 3 aromatic carbocycles. The van der Waals surface area contributed by atoms with E-state index in [0.717, 1.165) is 0 Å². The van der Waals surface area contributed by atoms with Gasteiger partial charge in [0.15, 0.2) is 0 Å². The highest BCUT2D eigenvalue weighted by Crippen LogP contribution is 2.41. The van der Waals surface area contributed by atoms with Crippen LogP contribution in [0.3, 0.4) is 0 Å². The molecule has 0 atom stereocenters. The van der Waals surface area contributed by atoms with Crippen LogP contribution in [0.4, 0.5) is 0 Å². The van der Waals surface area contributed by atoms with Crippen LogP contribution in [-0.2, 0) is 25.7 Å². The number of hydrogen-bond donors (Lipinski definition) is 4. The lowest BCUT2D eigenvalue weighted by molar-refractivity contribution is 0.0650. The molecule has 0 aliphatic rings. The second kappa shape index (κ2) is 9.13. The molecule has 0 bridgehead atoms. The summed E-state index contributed by atoms with van der Waals surface area (Å²) >= 11 is 0. The Hall–Kier alpha value is -3.94. The van der Waals surface area contributed by atoms with Crippen LogP contribution in [-0.4, -0.2) is 44.3 Å². The number of carbonyl (C=O) groups is 4. The molecule has 0 fully saturated rings. The van der Waals surface area contributed by atoms with E-state index in [4.69, 9.17) is 0 Å². The standard InChI is InChI=1S/C26H26O8/c1-5-12-16-9-11-10-17(23(27)28)20(24(29)30)14(7-3)18(11)13(6-2)19(16)15(8-4)22(26(33)34)21(12)25(31)32/h9-10H,5-8H2,1-4H3,(H,27,28)(H,29,30)(H,31,32)(H,33,34). The molecule has 8 heteroatoms. The van der Waals surface area contributed by atoms with Crippen LogP contribution in [0.25, 0.3) is 21.5 Å². The number of carboxylic acid groups (broad SMARTS) is 4. The normalized spacial score (nSPS) is 11.2. The van der Waals surface area contributed by atoms with E-state index in [-0.39, 0.29) is 41.5 Å². The molecular weight excluding hydrogens is 440 g/mol. The minimum Gasteiger partial charge on any atom is -0.478 e. The van der Waals surface area contributed by atoms with Gasteiger partial charge in [-0.1, -0.05) is 27.7 Å². The molecule has 0 spiro atoms. The van der Waals surface area contributed by atoms with Gasteiger partial charge in [-0.25, -0.2) is 19.2 Å². The molecule has 34 heavy (non-hydrogen) atoms. The minimum atomic E-state index is -1.37.